The summed E-state index contributed by atoms with van der Waals surface area (Å²) < 4.78 is 5.43. The molecule has 4 unspecified atom stereocenters. The van der Waals surface area contributed by atoms with E-state index < -0.39 is 0 Å². The van der Waals surface area contributed by atoms with Crippen LogP contribution in [0.25, 0.3) is 0 Å². The summed E-state index contributed by atoms with van der Waals surface area (Å²) in [5.74, 6) is 1.52. The molecule has 4 atom stereocenters. The highest BCUT2D eigenvalue weighted by atomic mass is 16.5. The monoisotopic (exact) mass is 240 g/mol. The van der Waals surface area contributed by atoms with Gasteiger partial charge in [0.15, 0.2) is 0 Å². The first-order chi connectivity index (χ1) is 8.18. The molecule has 2 fully saturated rings. The second-order valence-electron chi connectivity index (χ2n) is 5.45. The SMILES string of the molecule is CC1CNCCC1CNC(=O)C1CCOC1C. The van der Waals surface area contributed by atoms with Crippen molar-refractivity contribution in [3.8, 4) is 0 Å². The molecular weight excluding hydrogens is 216 g/mol. The zero-order valence-corrected chi connectivity index (χ0v) is 10.9. The van der Waals surface area contributed by atoms with Crippen LogP contribution in [0.4, 0.5) is 0 Å². The van der Waals surface area contributed by atoms with Crippen molar-refractivity contribution in [3.05, 3.63) is 0 Å². The number of ether oxygens (including phenoxy) is 1. The lowest BCUT2D eigenvalue weighted by molar-refractivity contribution is -0.126. The molecule has 98 valence electrons. The lowest BCUT2D eigenvalue weighted by atomic mass is 9.87. The average Bonchev–Trinajstić information content (AvgIpc) is 2.74. The van der Waals surface area contributed by atoms with Crippen molar-refractivity contribution in [1.82, 2.24) is 10.6 Å². The number of nitrogens with one attached hydrogen (secondary N) is 2. The van der Waals surface area contributed by atoms with Crippen molar-refractivity contribution < 1.29 is 9.53 Å². The molecule has 4 nitrogen and oxygen atoms in total. The fraction of sp³-hybridized carbons (Fsp3) is 0.923. The Morgan fingerprint density at radius 1 is 1.41 bits per heavy atom. The van der Waals surface area contributed by atoms with E-state index in [-0.39, 0.29) is 17.9 Å². The number of hydrogen-bond acceptors (Lipinski definition) is 3. The fourth-order valence-electron chi connectivity index (χ4n) is 2.81. The van der Waals surface area contributed by atoms with E-state index >= 15 is 0 Å². The van der Waals surface area contributed by atoms with Gasteiger partial charge in [-0.15, -0.1) is 0 Å². The highest BCUT2D eigenvalue weighted by Gasteiger charge is 2.31. The van der Waals surface area contributed by atoms with Crippen molar-refractivity contribution in [3.63, 3.8) is 0 Å². The summed E-state index contributed by atoms with van der Waals surface area (Å²) in [5.41, 5.74) is 0. The van der Waals surface area contributed by atoms with E-state index in [1.165, 1.54) is 0 Å². The first-order valence-electron chi connectivity index (χ1n) is 6.78. The van der Waals surface area contributed by atoms with E-state index in [1.807, 2.05) is 6.92 Å². The lowest BCUT2D eigenvalue weighted by Gasteiger charge is -2.30. The van der Waals surface area contributed by atoms with Crippen LogP contribution in [0.2, 0.25) is 0 Å². The van der Waals surface area contributed by atoms with Gasteiger partial charge < -0.3 is 15.4 Å². The third-order valence-corrected chi connectivity index (χ3v) is 4.21. The molecule has 1 amide bonds. The molecule has 0 radical (unpaired) electrons. The highest BCUT2D eigenvalue weighted by Crippen LogP contribution is 2.21. The molecule has 2 saturated heterocycles. The van der Waals surface area contributed by atoms with Crippen molar-refractivity contribution >= 4 is 5.91 Å². The number of amides is 1. The van der Waals surface area contributed by atoms with Gasteiger partial charge in [0.2, 0.25) is 5.91 Å². The maximum atomic E-state index is 12.0. The zero-order chi connectivity index (χ0) is 12.3. The third kappa shape index (κ3) is 3.19. The summed E-state index contributed by atoms with van der Waals surface area (Å²) in [6.07, 6.45) is 2.12. The number of carbonyl (C=O) groups excluding carboxylic acids is 1. The summed E-state index contributed by atoms with van der Waals surface area (Å²) >= 11 is 0. The van der Waals surface area contributed by atoms with Crippen LogP contribution in [0.5, 0.6) is 0 Å². The summed E-state index contributed by atoms with van der Waals surface area (Å²) in [5, 5.41) is 6.49. The van der Waals surface area contributed by atoms with Crippen molar-refractivity contribution in [2.45, 2.75) is 32.8 Å². The summed E-state index contributed by atoms with van der Waals surface area (Å²) in [6, 6.07) is 0. The van der Waals surface area contributed by atoms with E-state index in [0.717, 1.165) is 39.1 Å². The van der Waals surface area contributed by atoms with Crippen molar-refractivity contribution in [2.24, 2.45) is 17.8 Å². The Hall–Kier alpha value is -0.610. The first-order valence-corrected chi connectivity index (χ1v) is 6.78. The van der Waals surface area contributed by atoms with Gasteiger partial charge in [-0.2, -0.15) is 0 Å². The Kier molecular flexibility index (Phi) is 4.40. The predicted molar refractivity (Wildman–Crippen MR) is 66.7 cm³/mol. The number of piperidine rings is 1. The van der Waals surface area contributed by atoms with Gasteiger partial charge in [-0.3, -0.25) is 4.79 Å². The van der Waals surface area contributed by atoms with Crippen LogP contribution in [-0.4, -0.2) is 38.3 Å². The van der Waals surface area contributed by atoms with E-state index in [4.69, 9.17) is 4.74 Å². The molecule has 2 N–H and O–H groups in total. The van der Waals surface area contributed by atoms with Crippen LogP contribution in [-0.2, 0) is 9.53 Å². The van der Waals surface area contributed by atoms with E-state index in [0.29, 0.717) is 11.8 Å². The number of carbonyl (C=O) groups is 1. The molecule has 0 aromatic heterocycles. The molecule has 0 spiro atoms. The van der Waals surface area contributed by atoms with Gasteiger partial charge in [0.05, 0.1) is 12.0 Å². The molecule has 2 heterocycles. The second kappa shape index (κ2) is 5.83. The molecule has 2 rings (SSSR count). The maximum Gasteiger partial charge on any atom is 0.225 e. The van der Waals surface area contributed by atoms with E-state index in [9.17, 15) is 4.79 Å². The maximum absolute atomic E-state index is 12.0. The minimum atomic E-state index is 0.0621. The standard InChI is InChI=1S/C13H24N2O2/c1-9-7-14-5-3-11(9)8-15-13(16)12-4-6-17-10(12)2/h9-12,14H,3-8H2,1-2H3,(H,15,16). The summed E-state index contributed by atoms with van der Waals surface area (Å²) in [7, 11) is 0. The Labute approximate surface area is 103 Å². The topological polar surface area (TPSA) is 50.4 Å². The molecule has 0 aliphatic carbocycles. The Balaban J connectivity index is 1.75. The molecule has 17 heavy (non-hydrogen) atoms. The normalized spacial score (nSPS) is 38.0. The van der Waals surface area contributed by atoms with Gasteiger partial charge >= 0.3 is 0 Å². The van der Waals surface area contributed by atoms with Crippen LogP contribution >= 0.6 is 0 Å². The third-order valence-electron chi connectivity index (χ3n) is 4.21. The van der Waals surface area contributed by atoms with Gasteiger partial charge in [0.25, 0.3) is 0 Å². The molecule has 2 aliphatic rings. The van der Waals surface area contributed by atoms with Crippen LogP contribution in [0.1, 0.15) is 26.7 Å². The molecule has 4 heteroatoms. The lowest BCUT2D eigenvalue weighted by Crippen LogP contribution is -2.43. The fourth-order valence-corrected chi connectivity index (χ4v) is 2.81. The summed E-state index contributed by atoms with van der Waals surface area (Å²) in [4.78, 5) is 12.0. The highest BCUT2D eigenvalue weighted by molar-refractivity contribution is 5.79. The quantitative estimate of drug-likeness (QED) is 0.766. The largest absolute Gasteiger partial charge is 0.378 e. The predicted octanol–water partition coefficient (Wildman–Crippen LogP) is 0.773. The van der Waals surface area contributed by atoms with Gasteiger partial charge in [-0.1, -0.05) is 6.92 Å². The number of hydrogen-bond donors (Lipinski definition) is 2. The molecule has 0 aromatic carbocycles. The van der Waals surface area contributed by atoms with Crippen LogP contribution in [0, 0.1) is 17.8 Å². The number of rotatable bonds is 3. The van der Waals surface area contributed by atoms with Gasteiger partial charge in [-0.25, -0.2) is 0 Å². The van der Waals surface area contributed by atoms with Gasteiger partial charge in [0, 0.05) is 13.2 Å². The smallest absolute Gasteiger partial charge is 0.225 e. The Morgan fingerprint density at radius 2 is 2.24 bits per heavy atom. The average molecular weight is 240 g/mol. The van der Waals surface area contributed by atoms with Crippen LogP contribution in [0.3, 0.4) is 0 Å². The molecule has 0 aromatic rings. The zero-order valence-electron chi connectivity index (χ0n) is 10.9. The van der Waals surface area contributed by atoms with Crippen LogP contribution in [0.15, 0.2) is 0 Å². The summed E-state index contributed by atoms with van der Waals surface area (Å²) in [6.45, 7) is 7.94. The van der Waals surface area contributed by atoms with E-state index in [2.05, 4.69) is 17.6 Å². The Bertz CT molecular complexity index is 270. The molecule has 0 bridgehead atoms. The van der Waals surface area contributed by atoms with Gasteiger partial charge in [0.1, 0.15) is 0 Å². The van der Waals surface area contributed by atoms with Crippen LogP contribution < -0.4 is 10.6 Å². The van der Waals surface area contributed by atoms with E-state index in [1.54, 1.807) is 0 Å². The minimum absolute atomic E-state index is 0.0621. The van der Waals surface area contributed by atoms with Gasteiger partial charge in [-0.05, 0) is 44.7 Å². The minimum Gasteiger partial charge on any atom is -0.378 e. The molecule has 2 aliphatic heterocycles. The Morgan fingerprint density at radius 3 is 2.88 bits per heavy atom. The molecular formula is C13H24N2O2. The first kappa shape index (κ1) is 12.8. The second-order valence-corrected chi connectivity index (χ2v) is 5.45. The van der Waals surface area contributed by atoms with Crippen molar-refractivity contribution in [1.29, 1.82) is 0 Å². The van der Waals surface area contributed by atoms with Crippen molar-refractivity contribution in [2.75, 3.05) is 26.2 Å². The molecule has 0 saturated carbocycles.